The van der Waals surface area contributed by atoms with Crippen molar-refractivity contribution < 1.29 is 74.5 Å². The van der Waals surface area contributed by atoms with Crippen molar-refractivity contribution in [1.82, 2.24) is 0 Å². The van der Waals surface area contributed by atoms with Gasteiger partial charge >= 0.3 is 35.1 Å². The number of ether oxygens (including phenoxy) is 5. The molecular formula is C72H102F2O14S2. The molecule has 10 unspecified atom stereocenters. The molecule has 90 heavy (non-hydrogen) atoms. The molecule has 500 valence electrons. The van der Waals surface area contributed by atoms with E-state index in [0.717, 1.165) is 81.0 Å². The molecule has 0 aromatic heterocycles. The number of hydrogen-bond donors (Lipinski definition) is 1. The number of cyclic esters (lactones) is 1. The third-order valence-electron chi connectivity index (χ3n) is 21.6. The average molecular weight is 1290 g/mol. The fraction of sp³-hybridized carbons (Fsp3) is 0.681. The first-order chi connectivity index (χ1) is 42.0. The lowest BCUT2D eigenvalue weighted by Gasteiger charge is -2.59. The Morgan fingerprint density at radius 3 is 1.48 bits per heavy atom. The number of carbonyl (C=O) groups excluding carboxylic acids is 5. The molecule has 18 heteroatoms. The molecule has 8 bridgehead atoms. The molecule has 10 atom stereocenters. The van der Waals surface area contributed by atoms with Gasteiger partial charge in [-0.3, -0.25) is 24.0 Å². The summed E-state index contributed by atoms with van der Waals surface area (Å²) >= 11 is 0. The van der Waals surface area contributed by atoms with Gasteiger partial charge in [-0.1, -0.05) is 89.2 Å². The fourth-order valence-corrected chi connectivity index (χ4v) is 17.5. The molecule has 3 aromatic rings. The van der Waals surface area contributed by atoms with E-state index in [-0.39, 0.29) is 70.5 Å². The van der Waals surface area contributed by atoms with Gasteiger partial charge in [-0.2, -0.15) is 8.78 Å². The molecule has 1 aliphatic heterocycles. The second kappa shape index (κ2) is 28.8. The molecule has 9 aliphatic rings. The lowest BCUT2D eigenvalue weighted by atomic mass is 9.52. The number of aliphatic hydroxyl groups is 1. The third kappa shape index (κ3) is 16.9. The highest BCUT2D eigenvalue weighted by Crippen LogP contribution is 2.71. The van der Waals surface area contributed by atoms with E-state index in [1.807, 2.05) is 55.4 Å². The molecule has 1 heterocycles. The second-order valence-corrected chi connectivity index (χ2v) is 33.2. The molecule has 1 saturated heterocycles. The summed E-state index contributed by atoms with van der Waals surface area (Å²) in [6, 6.07) is 32.2. The lowest BCUT2D eigenvalue weighted by molar-refractivity contribution is -0.225. The van der Waals surface area contributed by atoms with Gasteiger partial charge in [-0.15, -0.1) is 0 Å². The maximum atomic E-state index is 12.7. The predicted octanol–water partition coefficient (Wildman–Crippen LogP) is 15.0. The molecule has 8 aliphatic carbocycles. The summed E-state index contributed by atoms with van der Waals surface area (Å²) in [5.74, 6) is 4.91. The van der Waals surface area contributed by atoms with E-state index in [9.17, 15) is 50.8 Å². The maximum absolute atomic E-state index is 12.7. The Labute approximate surface area is 537 Å². The Bertz CT molecular complexity index is 2940. The van der Waals surface area contributed by atoms with E-state index >= 15 is 0 Å². The maximum Gasteiger partial charge on any atom is 0.367 e. The smallest absolute Gasteiger partial charge is 0.367 e. The van der Waals surface area contributed by atoms with Crippen LogP contribution in [-0.2, 0) is 68.7 Å². The Kier molecular flexibility index (Phi) is 23.2. The van der Waals surface area contributed by atoms with Gasteiger partial charge < -0.3 is 33.3 Å². The normalized spacial score (nSPS) is 29.4. The largest absolute Gasteiger partial charge is 0.743 e. The van der Waals surface area contributed by atoms with Crippen LogP contribution in [0.3, 0.4) is 0 Å². The summed E-state index contributed by atoms with van der Waals surface area (Å²) in [4.78, 5) is 62.7. The Hall–Kier alpha value is -4.91. The zero-order valence-electron chi connectivity index (χ0n) is 55.6. The van der Waals surface area contributed by atoms with Crippen LogP contribution in [0.5, 0.6) is 0 Å². The Balaban J connectivity index is 0.000000162. The molecule has 0 spiro atoms. The molecule has 0 amide bonds. The molecule has 9 fully saturated rings. The molecule has 1 N–H and O–H groups in total. The van der Waals surface area contributed by atoms with Crippen molar-refractivity contribution >= 4 is 50.9 Å². The summed E-state index contributed by atoms with van der Waals surface area (Å²) in [6.45, 7) is 22.9. The zero-order chi connectivity index (χ0) is 66.5. The first-order valence-electron chi connectivity index (χ1n) is 33.0. The van der Waals surface area contributed by atoms with Crippen LogP contribution >= 0.6 is 0 Å². The van der Waals surface area contributed by atoms with Crippen molar-refractivity contribution in [3.8, 4) is 0 Å². The van der Waals surface area contributed by atoms with Crippen molar-refractivity contribution in [3.63, 3.8) is 0 Å². The monoisotopic (exact) mass is 1290 g/mol. The summed E-state index contributed by atoms with van der Waals surface area (Å²) in [5, 5.41) is 6.06. The van der Waals surface area contributed by atoms with E-state index in [0.29, 0.717) is 37.0 Å². The van der Waals surface area contributed by atoms with Crippen LogP contribution in [0.25, 0.3) is 0 Å². The van der Waals surface area contributed by atoms with Crippen LogP contribution in [0.1, 0.15) is 199 Å². The highest BCUT2D eigenvalue weighted by atomic mass is 32.2. The lowest BCUT2D eigenvalue weighted by Crippen LogP contribution is -2.61. The number of carbonyl (C=O) groups is 5. The first kappa shape index (κ1) is 72.5. The third-order valence-corrected chi connectivity index (χ3v) is 24.7. The van der Waals surface area contributed by atoms with Crippen LogP contribution in [0.15, 0.2) is 106 Å². The van der Waals surface area contributed by atoms with Crippen LogP contribution in [-0.4, -0.2) is 89.3 Å². The quantitative estimate of drug-likeness (QED) is 0.0413. The molecule has 3 aromatic carbocycles. The van der Waals surface area contributed by atoms with Crippen molar-refractivity contribution in [3.05, 3.63) is 91.0 Å². The van der Waals surface area contributed by atoms with Crippen molar-refractivity contribution in [2.45, 2.75) is 242 Å². The second-order valence-electron chi connectivity index (χ2n) is 29.6. The number of esters is 5. The van der Waals surface area contributed by atoms with Gasteiger partial charge in [0.25, 0.3) is 0 Å². The number of alkyl halides is 2. The standard InChI is InChI=1S/C20H32O2.C18H15S.C16H26O3.C10H16O4.C8H14F2O5S/c1-5-19(3,4)18(21)22-20(6-2)11-14-10-15(20)17-13-8-7-12(9-13)16(14)17;1-4-10-16(11-5-1)19(17-12-6-2-7-13-17)18-14-8-3-9-15-18;1-4-14(2,3)13(17)19-16-8-11-5-12(9-16)7-15(18,6-11)10-16;1-4-10(2,3)9(12)14-7-5-8(11)13-6-7;1-4-7(2,3)6(11)15-5-8(9,10)16(12,13)14/h12-17H,5-11H2,1-4H3;1-15H;11-12,18H,4-10H2,1-3H3;7H,4-6H2,1-3H3;4-5H2,1-3H3,(H,12,13,14)/q;+1;;;/p-1. The van der Waals surface area contributed by atoms with Gasteiger partial charge in [-0.25, -0.2) is 8.42 Å². The highest BCUT2D eigenvalue weighted by Gasteiger charge is 2.68. The molecule has 0 radical (unpaired) electrons. The van der Waals surface area contributed by atoms with E-state index in [1.165, 1.54) is 60.6 Å². The number of fused-ring (bicyclic) bond motifs is 9. The Morgan fingerprint density at radius 1 is 0.611 bits per heavy atom. The molecule has 8 saturated carbocycles. The van der Waals surface area contributed by atoms with E-state index in [2.05, 4.69) is 110 Å². The Morgan fingerprint density at radius 2 is 1.06 bits per heavy atom. The molecule has 14 nitrogen and oxygen atoms in total. The van der Waals surface area contributed by atoms with Crippen molar-refractivity contribution in [1.29, 1.82) is 0 Å². The van der Waals surface area contributed by atoms with Crippen molar-refractivity contribution in [2.24, 2.45) is 69.0 Å². The zero-order valence-corrected chi connectivity index (χ0v) is 57.3. The van der Waals surface area contributed by atoms with Gasteiger partial charge in [0.1, 0.15) is 23.9 Å². The van der Waals surface area contributed by atoms with Gasteiger partial charge in [0.2, 0.25) is 0 Å². The van der Waals surface area contributed by atoms with E-state index < -0.39 is 49.8 Å². The number of hydrogen-bond acceptors (Lipinski definition) is 14. The first-order valence-corrected chi connectivity index (χ1v) is 35.6. The van der Waals surface area contributed by atoms with Gasteiger partial charge in [-0.05, 0) is 230 Å². The summed E-state index contributed by atoms with van der Waals surface area (Å²) in [5.41, 5.74) is -3.26. The van der Waals surface area contributed by atoms with Crippen LogP contribution in [0.4, 0.5) is 8.78 Å². The molecule has 12 rings (SSSR count). The van der Waals surface area contributed by atoms with Crippen LogP contribution < -0.4 is 0 Å². The average Bonchev–Trinajstić information content (AvgIpc) is 1.50. The SMILES string of the molecule is CCC(C)(C)C(=O)OC1(CC)CC2CC1C1C3CCC(C3)C21.CCC(C)(C)C(=O)OC12CC3CC(CC(O)(C3)C1)C2.CCC(C)(C)C(=O)OC1COC(=O)C1.CCC(C)(C)C(=O)OCC(F)(F)S(=O)(=O)[O-].c1ccc([S+](c2ccccc2)c2ccccc2)cc1. The number of halogens is 2. The van der Waals surface area contributed by atoms with Gasteiger partial charge in [0.05, 0.1) is 44.6 Å². The summed E-state index contributed by atoms with van der Waals surface area (Å²) in [7, 11) is -5.83. The summed E-state index contributed by atoms with van der Waals surface area (Å²) in [6.07, 6.45) is 16.1. The summed E-state index contributed by atoms with van der Waals surface area (Å²) < 4.78 is 81.7. The minimum atomic E-state index is -5.81. The predicted molar refractivity (Wildman–Crippen MR) is 340 cm³/mol. The van der Waals surface area contributed by atoms with Crippen molar-refractivity contribution in [2.75, 3.05) is 13.2 Å². The molecular weight excluding hydrogens is 1190 g/mol. The van der Waals surface area contributed by atoms with Gasteiger partial charge in [0.15, 0.2) is 31.4 Å². The van der Waals surface area contributed by atoms with E-state index in [1.54, 1.807) is 6.92 Å². The fourth-order valence-electron chi connectivity index (χ4n) is 15.1. The number of benzene rings is 3. The number of rotatable bonds is 18. The van der Waals surface area contributed by atoms with E-state index in [4.69, 9.17) is 18.9 Å². The minimum Gasteiger partial charge on any atom is -0.743 e. The highest BCUT2D eigenvalue weighted by molar-refractivity contribution is 7.97. The van der Waals surface area contributed by atoms with Crippen LogP contribution in [0.2, 0.25) is 0 Å². The van der Waals surface area contributed by atoms with Gasteiger partial charge in [0, 0.05) is 12.3 Å². The van der Waals surface area contributed by atoms with Crippen LogP contribution in [0, 0.1) is 69.0 Å². The minimum absolute atomic E-state index is 0.0146. The topological polar surface area (TPSA) is 209 Å².